The van der Waals surface area contributed by atoms with Crippen molar-refractivity contribution in [2.75, 3.05) is 13.6 Å². The number of rotatable bonds is 5. The van der Waals surface area contributed by atoms with Crippen LogP contribution in [0, 0.1) is 5.82 Å². The fourth-order valence-corrected chi connectivity index (χ4v) is 1.92. The highest BCUT2D eigenvalue weighted by molar-refractivity contribution is 6.35. The van der Waals surface area contributed by atoms with E-state index in [0.717, 1.165) is 0 Å². The molecule has 0 saturated carbocycles. The van der Waals surface area contributed by atoms with E-state index in [-0.39, 0.29) is 10.0 Å². The summed E-state index contributed by atoms with van der Waals surface area (Å²) in [5.74, 6) is -0.728. The molecule has 0 spiro atoms. The van der Waals surface area contributed by atoms with Crippen molar-refractivity contribution < 1.29 is 14.6 Å². The van der Waals surface area contributed by atoms with Crippen LogP contribution in [0.2, 0.25) is 10.0 Å². The highest BCUT2D eigenvalue weighted by Crippen LogP contribution is 2.29. The summed E-state index contributed by atoms with van der Waals surface area (Å²) in [6.45, 7) is 0.556. The molecule has 1 rings (SSSR count). The first-order valence-corrected chi connectivity index (χ1v) is 5.88. The molecule has 2 unspecified atom stereocenters. The molecule has 0 aliphatic rings. The van der Waals surface area contributed by atoms with Crippen molar-refractivity contribution in [3.05, 3.63) is 33.6 Å². The predicted molar refractivity (Wildman–Crippen MR) is 65.9 cm³/mol. The van der Waals surface area contributed by atoms with E-state index in [9.17, 15) is 14.6 Å². The quantitative estimate of drug-likeness (QED) is 0.725. The van der Waals surface area contributed by atoms with Crippen molar-refractivity contribution in [1.82, 2.24) is 5.32 Å². The molecule has 0 fully saturated rings. The second-order valence-electron chi connectivity index (χ2n) is 3.70. The molecule has 2 atom stereocenters. The van der Waals surface area contributed by atoms with Crippen LogP contribution in [0.3, 0.4) is 0 Å². The monoisotopic (exact) mass is 281 g/mol. The molecule has 0 radical (unpaired) electrons. The van der Waals surface area contributed by atoms with Gasteiger partial charge in [-0.2, -0.15) is 0 Å². The summed E-state index contributed by atoms with van der Waals surface area (Å²) in [6.07, 6.45) is -1.73. The summed E-state index contributed by atoms with van der Waals surface area (Å²) >= 11 is 11.2. The van der Waals surface area contributed by atoms with Crippen LogP contribution in [0.4, 0.5) is 4.39 Å². The lowest BCUT2D eigenvalue weighted by Gasteiger charge is -2.18. The zero-order chi connectivity index (χ0) is 13.0. The lowest BCUT2D eigenvalue weighted by molar-refractivity contribution is 0.0140. The maximum absolute atomic E-state index is 13.2. The van der Waals surface area contributed by atoms with Gasteiger partial charge in [0, 0.05) is 0 Å². The Kier molecular flexibility index (Phi) is 5.62. The Hall–Kier alpha value is -0.390. The smallest absolute Gasteiger partial charge is 0.160 e. The lowest BCUT2D eigenvalue weighted by atomic mass is 10.0. The molecule has 0 saturated heterocycles. The lowest BCUT2D eigenvalue weighted by Crippen LogP contribution is -2.23. The minimum Gasteiger partial charge on any atom is -0.390 e. The molecule has 17 heavy (non-hydrogen) atoms. The summed E-state index contributed by atoms with van der Waals surface area (Å²) < 4.78 is 13.2. The van der Waals surface area contributed by atoms with Crippen LogP contribution in [-0.4, -0.2) is 29.9 Å². The van der Waals surface area contributed by atoms with Gasteiger partial charge < -0.3 is 15.5 Å². The van der Waals surface area contributed by atoms with E-state index in [1.54, 1.807) is 7.05 Å². The SMILES string of the molecule is CNCCC(O)C(O)c1cc(Cl)c(F)c(Cl)c1. The molecule has 1 aromatic rings. The molecule has 6 heteroatoms. The Morgan fingerprint density at radius 1 is 1.29 bits per heavy atom. The predicted octanol–water partition coefficient (Wildman–Crippen LogP) is 2.14. The van der Waals surface area contributed by atoms with Crippen LogP contribution in [0.15, 0.2) is 12.1 Å². The van der Waals surface area contributed by atoms with Crippen LogP contribution in [0.1, 0.15) is 18.1 Å². The molecule has 0 aliphatic carbocycles. The van der Waals surface area contributed by atoms with E-state index in [0.29, 0.717) is 18.5 Å². The van der Waals surface area contributed by atoms with Gasteiger partial charge in [0.1, 0.15) is 6.10 Å². The molecule has 0 aromatic heterocycles. The van der Waals surface area contributed by atoms with Gasteiger partial charge in [-0.1, -0.05) is 23.2 Å². The Bertz CT molecular complexity index is 367. The number of aliphatic hydroxyl groups excluding tert-OH is 2. The maximum Gasteiger partial charge on any atom is 0.160 e. The summed E-state index contributed by atoms with van der Waals surface area (Å²) in [6, 6.07) is 2.52. The van der Waals surface area contributed by atoms with Crippen LogP contribution < -0.4 is 5.32 Å². The molecule has 96 valence electrons. The van der Waals surface area contributed by atoms with E-state index in [1.807, 2.05) is 0 Å². The third-order valence-electron chi connectivity index (χ3n) is 2.40. The Balaban J connectivity index is 2.85. The summed E-state index contributed by atoms with van der Waals surface area (Å²) in [7, 11) is 1.74. The largest absolute Gasteiger partial charge is 0.390 e. The van der Waals surface area contributed by atoms with Crippen molar-refractivity contribution in [2.45, 2.75) is 18.6 Å². The van der Waals surface area contributed by atoms with Crippen molar-refractivity contribution in [3.63, 3.8) is 0 Å². The molecular weight excluding hydrogens is 268 g/mol. The standard InChI is InChI=1S/C11H14Cl2FNO2/c1-15-3-2-9(16)11(17)6-4-7(12)10(14)8(13)5-6/h4-5,9,11,15-17H,2-3H2,1H3. The number of halogens is 3. The highest BCUT2D eigenvalue weighted by atomic mass is 35.5. The third-order valence-corrected chi connectivity index (χ3v) is 2.95. The Morgan fingerprint density at radius 2 is 1.82 bits per heavy atom. The molecule has 0 aliphatic heterocycles. The second kappa shape index (κ2) is 6.52. The van der Waals surface area contributed by atoms with E-state index in [1.165, 1.54) is 12.1 Å². The molecule has 3 N–H and O–H groups in total. The van der Waals surface area contributed by atoms with Gasteiger partial charge in [0.15, 0.2) is 5.82 Å². The third kappa shape index (κ3) is 3.79. The topological polar surface area (TPSA) is 52.5 Å². The maximum atomic E-state index is 13.2. The first-order chi connectivity index (χ1) is 7.97. The zero-order valence-corrected chi connectivity index (χ0v) is 10.8. The molecular formula is C11H14Cl2FNO2. The van der Waals surface area contributed by atoms with Crippen LogP contribution in [0.25, 0.3) is 0 Å². The molecule has 1 aromatic carbocycles. The van der Waals surface area contributed by atoms with Crippen molar-refractivity contribution in [3.8, 4) is 0 Å². The summed E-state index contributed by atoms with van der Waals surface area (Å²) in [4.78, 5) is 0. The van der Waals surface area contributed by atoms with Gasteiger partial charge >= 0.3 is 0 Å². The van der Waals surface area contributed by atoms with E-state index in [2.05, 4.69) is 5.32 Å². The number of hydrogen-bond donors (Lipinski definition) is 3. The first-order valence-electron chi connectivity index (χ1n) is 5.12. The van der Waals surface area contributed by atoms with Gasteiger partial charge in [-0.05, 0) is 37.7 Å². The average molecular weight is 282 g/mol. The highest BCUT2D eigenvalue weighted by Gasteiger charge is 2.20. The minimum absolute atomic E-state index is 0.174. The summed E-state index contributed by atoms with van der Waals surface area (Å²) in [5, 5.41) is 22.0. The van der Waals surface area contributed by atoms with Gasteiger partial charge in [0.2, 0.25) is 0 Å². The average Bonchev–Trinajstić information content (AvgIpc) is 2.31. The van der Waals surface area contributed by atoms with E-state index < -0.39 is 18.0 Å². The van der Waals surface area contributed by atoms with Gasteiger partial charge in [0.25, 0.3) is 0 Å². The summed E-state index contributed by atoms with van der Waals surface area (Å²) in [5.41, 5.74) is 0.296. The fourth-order valence-electron chi connectivity index (χ4n) is 1.42. The van der Waals surface area contributed by atoms with Gasteiger partial charge in [-0.15, -0.1) is 0 Å². The van der Waals surface area contributed by atoms with Crippen molar-refractivity contribution in [2.24, 2.45) is 0 Å². The number of hydrogen-bond acceptors (Lipinski definition) is 3. The molecule has 0 heterocycles. The molecule has 0 amide bonds. The minimum atomic E-state index is -1.14. The van der Waals surface area contributed by atoms with Gasteiger partial charge in [0.05, 0.1) is 16.1 Å². The van der Waals surface area contributed by atoms with Crippen LogP contribution >= 0.6 is 23.2 Å². The number of nitrogens with one attached hydrogen (secondary N) is 1. The Morgan fingerprint density at radius 3 is 2.29 bits per heavy atom. The van der Waals surface area contributed by atoms with Crippen molar-refractivity contribution >= 4 is 23.2 Å². The molecule has 3 nitrogen and oxygen atoms in total. The van der Waals surface area contributed by atoms with Gasteiger partial charge in [-0.25, -0.2) is 4.39 Å². The van der Waals surface area contributed by atoms with Crippen LogP contribution in [0.5, 0.6) is 0 Å². The molecule has 0 bridgehead atoms. The number of benzene rings is 1. The second-order valence-corrected chi connectivity index (χ2v) is 4.52. The first kappa shape index (κ1) is 14.7. The van der Waals surface area contributed by atoms with E-state index in [4.69, 9.17) is 23.2 Å². The Labute approximate surface area is 109 Å². The van der Waals surface area contributed by atoms with Gasteiger partial charge in [-0.3, -0.25) is 0 Å². The fraction of sp³-hybridized carbons (Fsp3) is 0.455. The van der Waals surface area contributed by atoms with Crippen molar-refractivity contribution in [1.29, 1.82) is 0 Å². The van der Waals surface area contributed by atoms with Crippen LogP contribution in [-0.2, 0) is 0 Å². The zero-order valence-electron chi connectivity index (χ0n) is 9.25. The van der Waals surface area contributed by atoms with E-state index >= 15 is 0 Å². The normalized spacial score (nSPS) is 14.7. The number of aliphatic hydroxyl groups is 2.